The van der Waals surface area contributed by atoms with Gasteiger partial charge in [0.25, 0.3) is 0 Å². The molecule has 12 heavy (non-hydrogen) atoms. The molecule has 2 N–H and O–H groups in total. The number of nitrogens with two attached hydrogens (primary N) is 1. The summed E-state index contributed by atoms with van der Waals surface area (Å²) in [6.45, 7) is 0. The van der Waals surface area contributed by atoms with Gasteiger partial charge in [-0.1, -0.05) is 9.69 Å². The Labute approximate surface area is 70.9 Å². The van der Waals surface area contributed by atoms with Gasteiger partial charge in [-0.25, -0.2) is 4.79 Å². The van der Waals surface area contributed by atoms with Crippen LogP contribution in [0.5, 0.6) is 0 Å². The second-order valence-electron chi connectivity index (χ2n) is 3.37. The van der Waals surface area contributed by atoms with Crippen molar-refractivity contribution < 1.29 is 9.39 Å². The minimum Gasteiger partial charge on any atom is -0.316 e. The van der Waals surface area contributed by atoms with Crippen LogP contribution in [0.2, 0.25) is 0 Å². The molecule has 0 saturated heterocycles. The number of nitrogens with zero attached hydrogens (tertiary/aromatic N) is 2. The molecular formula is C8H11N3O+. The lowest BCUT2D eigenvalue weighted by Gasteiger charge is -2.20. The second kappa shape index (κ2) is 2.17. The Morgan fingerprint density at radius 3 is 3.00 bits per heavy atom. The van der Waals surface area contributed by atoms with Gasteiger partial charge in [0, 0.05) is 12.0 Å². The number of urea groups is 1. The fourth-order valence-corrected chi connectivity index (χ4v) is 1.42. The summed E-state index contributed by atoms with van der Waals surface area (Å²) in [5.41, 5.74) is 6.24. The lowest BCUT2D eigenvalue weighted by atomic mass is 10.2. The number of rotatable bonds is 1. The molecule has 1 aliphatic carbocycles. The van der Waals surface area contributed by atoms with E-state index in [1.807, 2.05) is 0 Å². The molecule has 0 spiro atoms. The van der Waals surface area contributed by atoms with E-state index in [1.54, 1.807) is 13.1 Å². The highest BCUT2D eigenvalue weighted by atomic mass is 16.2. The van der Waals surface area contributed by atoms with E-state index >= 15 is 0 Å². The second-order valence-corrected chi connectivity index (χ2v) is 3.37. The van der Waals surface area contributed by atoms with Gasteiger partial charge in [0.2, 0.25) is 0 Å². The third-order valence-corrected chi connectivity index (χ3v) is 2.40. The number of quaternary nitrogens is 1. The smallest absolute Gasteiger partial charge is 0.316 e. The van der Waals surface area contributed by atoms with E-state index in [-0.39, 0.29) is 4.59 Å². The first-order valence-corrected chi connectivity index (χ1v) is 3.99. The van der Waals surface area contributed by atoms with Crippen molar-refractivity contribution in [1.29, 1.82) is 0 Å². The average molecular weight is 165 g/mol. The molecule has 4 nitrogen and oxygen atoms in total. The van der Waals surface area contributed by atoms with Crippen LogP contribution in [0, 0.1) is 5.92 Å². The number of carbonyl (C=O) groups excluding carboxylic acids is 1. The van der Waals surface area contributed by atoms with Crippen molar-refractivity contribution in [2.24, 2.45) is 16.8 Å². The molecule has 1 aliphatic heterocycles. The first-order chi connectivity index (χ1) is 5.64. The van der Waals surface area contributed by atoms with E-state index in [0.717, 1.165) is 18.5 Å². The number of hydrogen-bond donors (Lipinski definition) is 1. The molecule has 0 aromatic heterocycles. The fraction of sp³-hybridized carbons (Fsp3) is 0.500. The first kappa shape index (κ1) is 7.49. The van der Waals surface area contributed by atoms with Crippen LogP contribution in [-0.2, 0) is 0 Å². The molecule has 0 aromatic carbocycles. The van der Waals surface area contributed by atoms with Crippen LogP contribution in [0.4, 0.5) is 4.79 Å². The summed E-state index contributed by atoms with van der Waals surface area (Å²) in [6.07, 6.45) is 6.77. The van der Waals surface area contributed by atoms with Crippen LogP contribution in [0.15, 0.2) is 16.9 Å². The summed E-state index contributed by atoms with van der Waals surface area (Å²) in [4.78, 5) is 11.1. The third kappa shape index (κ3) is 0.881. The molecule has 1 atom stereocenters. The van der Waals surface area contributed by atoms with Gasteiger partial charge in [0.15, 0.2) is 6.21 Å². The van der Waals surface area contributed by atoms with Crippen LogP contribution in [0.1, 0.15) is 12.8 Å². The van der Waals surface area contributed by atoms with Gasteiger partial charge >= 0.3 is 6.03 Å². The summed E-state index contributed by atoms with van der Waals surface area (Å²) in [6, 6.07) is -0.432. The lowest BCUT2D eigenvalue weighted by Crippen LogP contribution is -2.46. The Balaban J connectivity index is 2.30. The summed E-state index contributed by atoms with van der Waals surface area (Å²) in [5, 5.41) is 3.93. The Bertz CT molecular complexity index is 291. The van der Waals surface area contributed by atoms with Crippen molar-refractivity contribution >= 4 is 12.2 Å². The number of amides is 2. The molecule has 2 aliphatic rings. The number of hydrogen-bond acceptors (Lipinski definition) is 2. The van der Waals surface area contributed by atoms with E-state index in [0.29, 0.717) is 5.92 Å². The Hall–Kier alpha value is -1.16. The number of carbonyl (C=O) groups is 1. The van der Waals surface area contributed by atoms with Gasteiger partial charge in [0.1, 0.15) is 12.7 Å². The molecule has 1 saturated carbocycles. The standard InChI is InChI=1S/C8H10N3O/c1-11(8(9)12)7(4-5-10-11)6-2-3-6/h4,6H,2-3H2,1H3,(H-,9,12)/p+1. The zero-order valence-electron chi connectivity index (χ0n) is 6.95. The Morgan fingerprint density at radius 2 is 2.50 bits per heavy atom. The predicted octanol–water partition coefficient (Wildman–Crippen LogP) is 0.682. The first-order valence-electron chi connectivity index (χ1n) is 3.99. The summed E-state index contributed by atoms with van der Waals surface area (Å²) in [5.74, 6) is 0.501. The van der Waals surface area contributed by atoms with Gasteiger partial charge in [-0.05, 0) is 12.8 Å². The zero-order chi connectivity index (χ0) is 8.77. The van der Waals surface area contributed by atoms with Crippen LogP contribution in [-0.4, -0.2) is 23.9 Å². The molecule has 1 fully saturated rings. The van der Waals surface area contributed by atoms with Crippen LogP contribution < -0.4 is 5.73 Å². The van der Waals surface area contributed by atoms with Crippen LogP contribution in [0.25, 0.3) is 0 Å². The highest BCUT2D eigenvalue weighted by Crippen LogP contribution is 2.42. The largest absolute Gasteiger partial charge is 0.445 e. The minimum absolute atomic E-state index is 0.120. The van der Waals surface area contributed by atoms with Gasteiger partial charge in [-0.3, -0.25) is 0 Å². The fourth-order valence-electron chi connectivity index (χ4n) is 1.42. The van der Waals surface area contributed by atoms with Crippen molar-refractivity contribution in [3.8, 4) is 0 Å². The maximum absolute atomic E-state index is 11.1. The van der Waals surface area contributed by atoms with Crippen molar-refractivity contribution in [2.75, 3.05) is 7.05 Å². The van der Waals surface area contributed by atoms with Crippen molar-refractivity contribution in [2.45, 2.75) is 12.8 Å². The Kier molecular flexibility index (Phi) is 1.35. The summed E-state index contributed by atoms with van der Waals surface area (Å²) < 4.78 is -0.120. The normalized spacial score (nSPS) is 33.6. The third-order valence-electron chi connectivity index (χ3n) is 2.40. The molecule has 2 amide bonds. The number of primary amides is 1. The van der Waals surface area contributed by atoms with Crippen LogP contribution in [0.3, 0.4) is 0 Å². The van der Waals surface area contributed by atoms with Gasteiger partial charge in [0.05, 0.1) is 0 Å². The summed E-state index contributed by atoms with van der Waals surface area (Å²) in [7, 11) is 1.70. The maximum Gasteiger partial charge on any atom is 0.445 e. The molecule has 1 radical (unpaired) electrons. The Morgan fingerprint density at radius 1 is 1.83 bits per heavy atom. The van der Waals surface area contributed by atoms with Gasteiger partial charge < -0.3 is 5.73 Å². The van der Waals surface area contributed by atoms with Gasteiger partial charge in [-0.2, -0.15) is 0 Å². The molecule has 1 heterocycles. The van der Waals surface area contributed by atoms with E-state index < -0.39 is 6.03 Å². The topological polar surface area (TPSA) is 55.5 Å². The molecule has 2 rings (SSSR count). The number of allylic oxidation sites excluding steroid dienone is 2. The van der Waals surface area contributed by atoms with Crippen LogP contribution >= 0.6 is 0 Å². The monoisotopic (exact) mass is 165 g/mol. The molecule has 1 unspecified atom stereocenters. The average Bonchev–Trinajstić information content (AvgIpc) is 2.76. The zero-order valence-corrected chi connectivity index (χ0v) is 6.95. The molecule has 0 aromatic rings. The van der Waals surface area contributed by atoms with E-state index in [9.17, 15) is 4.79 Å². The molecule has 0 bridgehead atoms. The van der Waals surface area contributed by atoms with E-state index in [2.05, 4.69) is 11.3 Å². The van der Waals surface area contributed by atoms with E-state index in [4.69, 9.17) is 5.73 Å². The minimum atomic E-state index is -0.432. The lowest BCUT2D eigenvalue weighted by molar-refractivity contribution is -0.795. The van der Waals surface area contributed by atoms with Crippen molar-refractivity contribution in [1.82, 2.24) is 0 Å². The SMILES string of the molecule is C[N+]1(C(N)=O)N=[C]C=C1C1CC1. The predicted molar refractivity (Wildman–Crippen MR) is 44.0 cm³/mol. The van der Waals surface area contributed by atoms with E-state index in [1.165, 1.54) is 0 Å². The highest BCUT2D eigenvalue weighted by Gasteiger charge is 2.46. The van der Waals surface area contributed by atoms with Crippen molar-refractivity contribution in [3.63, 3.8) is 0 Å². The quantitative estimate of drug-likeness (QED) is 0.571. The maximum atomic E-state index is 11.1. The molecular weight excluding hydrogens is 154 g/mol. The highest BCUT2D eigenvalue weighted by molar-refractivity contribution is 5.77. The molecule has 4 heteroatoms. The van der Waals surface area contributed by atoms with Crippen molar-refractivity contribution in [3.05, 3.63) is 11.8 Å². The van der Waals surface area contributed by atoms with Gasteiger partial charge in [-0.15, -0.1) is 0 Å². The summed E-state index contributed by atoms with van der Waals surface area (Å²) >= 11 is 0. The molecule has 63 valence electrons.